The van der Waals surface area contributed by atoms with Crippen molar-refractivity contribution in [3.8, 4) is 5.75 Å². The second kappa shape index (κ2) is 8.79. The first-order valence-electron chi connectivity index (χ1n) is 8.69. The number of carbonyl (C=O) groups excluding carboxylic acids is 1. The Morgan fingerprint density at radius 1 is 1.12 bits per heavy atom. The van der Waals surface area contributed by atoms with Crippen LogP contribution in [0.25, 0.3) is 0 Å². The summed E-state index contributed by atoms with van der Waals surface area (Å²) in [5.74, 6) is 0.517. The number of carbonyl (C=O) groups is 1. The van der Waals surface area contributed by atoms with Gasteiger partial charge in [0, 0.05) is 16.6 Å². The number of halogens is 2. The molecule has 0 unspecified atom stereocenters. The summed E-state index contributed by atoms with van der Waals surface area (Å²) in [6.45, 7) is 8.73. The number of amides is 1. The van der Waals surface area contributed by atoms with Gasteiger partial charge in [-0.3, -0.25) is 4.79 Å². The van der Waals surface area contributed by atoms with Gasteiger partial charge in [-0.1, -0.05) is 69.1 Å². The van der Waals surface area contributed by atoms with Crippen LogP contribution in [-0.4, -0.2) is 12.0 Å². The molecule has 0 aliphatic carbocycles. The smallest absolute Gasteiger partial charge is 0.261 e. The first-order chi connectivity index (χ1) is 12.2. The molecule has 0 fully saturated rings. The van der Waals surface area contributed by atoms with Crippen molar-refractivity contribution >= 4 is 29.1 Å². The zero-order chi connectivity index (χ0) is 19.3. The fraction of sp³-hybridized carbons (Fsp3) is 0.381. The van der Waals surface area contributed by atoms with Crippen LogP contribution in [0.15, 0.2) is 42.5 Å². The zero-order valence-corrected chi connectivity index (χ0v) is 17.1. The van der Waals surface area contributed by atoms with Gasteiger partial charge in [0.1, 0.15) is 5.75 Å². The Morgan fingerprint density at radius 2 is 1.77 bits per heavy atom. The lowest BCUT2D eigenvalue weighted by atomic mass is 9.87. The van der Waals surface area contributed by atoms with E-state index in [0.717, 1.165) is 5.56 Å². The average Bonchev–Trinajstić information content (AvgIpc) is 2.58. The van der Waals surface area contributed by atoms with Crippen LogP contribution in [0.4, 0.5) is 0 Å². The molecule has 3 nitrogen and oxygen atoms in total. The fourth-order valence-electron chi connectivity index (χ4n) is 2.48. The van der Waals surface area contributed by atoms with E-state index in [2.05, 4.69) is 26.1 Å². The van der Waals surface area contributed by atoms with Crippen LogP contribution in [0.3, 0.4) is 0 Å². The molecule has 26 heavy (non-hydrogen) atoms. The van der Waals surface area contributed by atoms with Crippen molar-refractivity contribution in [2.24, 2.45) is 0 Å². The van der Waals surface area contributed by atoms with Gasteiger partial charge in [0.2, 0.25) is 0 Å². The lowest BCUT2D eigenvalue weighted by molar-refractivity contribution is -0.128. The van der Waals surface area contributed by atoms with Crippen LogP contribution in [0.2, 0.25) is 10.0 Å². The average molecular weight is 394 g/mol. The van der Waals surface area contributed by atoms with Crippen LogP contribution >= 0.6 is 23.2 Å². The Balaban J connectivity index is 1.98. The molecule has 2 rings (SSSR count). The number of hydrogen-bond acceptors (Lipinski definition) is 2. The Kier molecular flexibility index (Phi) is 6.96. The van der Waals surface area contributed by atoms with Gasteiger partial charge < -0.3 is 10.1 Å². The Bertz CT molecular complexity index is 752. The molecule has 1 atom stereocenters. The highest BCUT2D eigenvalue weighted by atomic mass is 35.5. The summed E-state index contributed by atoms with van der Waals surface area (Å²) in [4.78, 5) is 12.5. The van der Waals surface area contributed by atoms with Crippen molar-refractivity contribution in [3.63, 3.8) is 0 Å². The topological polar surface area (TPSA) is 38.3 Å². The molecule has 0 saturated heterocycles. The number of benzene rings is 2. The highest BCUT2D eigenvalue weighted by Crippen LogP contribution is 2.25. The maximum absolute atomic E-state index is 12.5. The van der Waals surface area contributed by atoms with Gasteiger partial charge in [0.15, 0.2) is 6.10 Å². The number of nitrogens with one attached hydrogen (secondary N) is 1. The van der Waals surface area contributed by atoms with Crippen molar-refractivity contribution in [1.82, 2.24) is 5.32 Å². The molecule has 0 heterocycles. The highest BCUT2D eigenvalue weighted by molar-refractivity contribution is 6.35. The lowest BCUT2D eigenvalue weighted by Crippen LogP contribution is -2.37. The SMILES string of the molecule is CC[C@H](Oc1ccc(C(C)(C)C)cc1)C(=O)NCc1ccc(Cl)cc1Cl. The summed E-state index contributed by atoms with van der Waals surface area (Å²) < 4.78 is 5.86. The predicted molar refractivity (Wildman–Crippen MR) is 108 cm³/mol. The van der Waals surface area contributed by atoms with E-state index in [1.54, 1.807) is 18.2 Å². The summed E-state index contributed by atoms with van der Waals surface area (Å²) in [5, 5.41) is 3.97. The molecule has 0 saturated carbocycles. The fourth-order valence-corrected chi connectivity index (χ4v) is 2.96. The molecule has 5 heteroatoms. The van der Waals surface area contributed by atoms with Gasteiger partial charge in [-0.25, -0.2) is 0 Å². The summed E-state index contributed by atoms with van der Waals surface area (Å²) in [5.41, 5.74) is 2.12. The summed E-state index contributed by atoms with van der Waals surface area (Å²) >= 11 is 12.0. The Hall–Kier alpha value is -1.71. The minimum absolute atomic E-state index is 0.0813. The Labute approximate surface area is 165 Å². The predicted octanol–water partition coefficient (Wildman–Crippen LogP) is 5.76. The molecule has 0 aliphatic heterocycles. The second-order valence-corrected chi connectivity index (χ2v) is 8.09. The van der Waals surface area contributed by atoms with E-state index in [9.17, 15) is 4.79 Å². The van der Waals surface area contributed by atoms with Crippen molar-refractivity contribution in [3.05, 3.63) is 63.6 Å². The molecule has 2 aromatic rings. The third-order valence-corrected chi connectivity index (χ3v) is 4.72. The third-order valence-electron chi connectivity index (χ3n) is 4.13. The van der Waals surface area contributed by atoms with Crippen LogP contribution in [0, 0.1) is 0 Å². The molecule has 0 spiro atoms. The molecular formula is C21H25Cl2NO2. The molecule has 140 valence electrons. The van der Waals surface area contributed by atoms with Gasteiger partial charge in [-0.2, -0.15) is 0 Å². The largest absolute Gasteiger partial charge is 0.481 e. The van der Waals surface area contributed by atoms with Crippen LogP contribution in [0.1, 0.15) is 45.2 Å². The van der Waals surface area contributed by atoms with Crippen LogP contribution < -0.4 is 10.1 Å². The lowest BCUT2D eigenvalue weighted by Gasteiger charge is -2.21. The van der Waals surface area contributed by atoms with Gasteiger partial charge in [0.05, 0.1) is 0 Å². The minimum atomic E-state index is -0.554. The van der Waals surface area contributed by atoms with Crippen molar-refractivity contribution in [2.45, 2.75) is 52.2 Å². The minimum Gasteiger partial charge on any atom is -0.481 e. The second-order valence-electron chi connectivity index (χ2n) is 7.24. The van der Waals surface area contributed by atoms with Gasteiger partial charge in [0.25, 0.3) is 5.91 Å². The maximum Gasteiger partial charge on any atom is 0.261 e. The van der Waals surface area contributed by atoms with E-state index in [-0.39, 0.29) is 11.3 Å². The molecule has 0 aliphatic rings. The first kappa shape index (κ1) is 20.6. The normalized spacial score (nSPS) is 12.5. The molecule has 0 radical (unpaired) electrons. The Morgan fingerprint density at radius 3 is 2.31 bits per heavy atom. The molecule has 0 bridgehead atoms. The van der Waals surface area contributed by atoms with Crippen molar-refractivity contribution < 1.29 is 9.53 Å². The van der Waals surface area contributed by atoms with Crippen molar-refractivity contribution in [2.75, 3.05) is 0 Å². The summed E-state index contributed by atoms with van der Waals surface area (Å²) in [6, 6.07) is 13.1. The van der Waals surface area contributed by atoms with E-state index in [1.807, 2.05) is 31.2 Å². The monoisotopic (exact) mass is 393 g/mol. The molecular weight excluding hydrogens is 369 g/mol. The van der Waals surface area contributed by atoms with Gasteiger partial charge in [-0.15, -0.1) is 0 Å². The molecule has 0 aromatic heterocycles. The van der Waals surface area contributed by atoms with Gasteiger partial charge in [-0.05, 0) is 47.2 Å². The maximum atomic E-state index is 12.5. The first-order valence-corrected chi connectivity index (χ1v) is 9.45. The van der Waals surface area contributed by atoms with Crippen LogP contribution in [-0.2, 0) is 16.8 Å². The number of ether oxygens (including phenoxy) is 1. The summed E-state index contributed by atoms with van der Waals surface area (Å²) in [7, 11) is 0. The quantitative estimate of drug-likeness (QED) is 0.676. The molecule has 2 aromatic carbocycles. The van der Waals surface area contributed by atoms with E-state index in [1.165, 1.54) is 5.56 Å². The van der Waals surface area contributed by atoms with E-state index in [4.69, 9.17) is 27.9 Å². The number of hydrogen-bond donors (Lipinski definition) is 1. The van der Waals surface area contributed by atoms with E-state index < -0.39 is 6.10 Å². The summed E-state index contributed by atoms with van der Waals surface area (Å²) in [6.07, 6.45) is 0.0165. The van der Waals surface area contributed by atoms with Crippen LogP contribution in [0.5, 0.6) is 5.75 Å². The van der Waals surface area contributed by atoms with E-state index >= 15 is 0 Å². The van der Waals surface area contributed by atoms with Gasteiger partial charge >= 0.3 is 0 Å². The number of rotatable bonds is 6. The molecule has 1 amide bonds. The van der Waals surface area contributed by atoms with E-state index in [0.29, 0.717) is 28.8 Å². The zero-order valence-electron chi connectivity index (χ0n) is 15.6. The highest BCUT2D eigenvalue weighted by Gasteiger charge is 2.19. The molecule has 1 N–H and O–H groups in total. The third kappa shape index (κ3) is 5.65. The van der Waals surface area contributed by atoms with Crippen molar-refractivity contribution in [1.29, 1.82) is 0 Å². The standard InChI is InChI=1S/C21H25Cl2NO2/c1-5-19(26-17-10-7-15(8-11-17)21(2,3)4)20(25)24-13-14-6-9-16(22)12-18(14)23/h6-12,19H,5,13H2,1-4H3,(H,24,25)/t19-/m0/s1.